The van der Waals surface area contributed by atoms with Crippen LogP contribution in [0.25, 0.3) is 11.3 Å². The fourth-order valence-electron chi connectivity index (χ4n) is 2.51. The number of halogens is 1. The predicted octanol–water partition coefficient (Wildman–Crippen LogP) is 4.25. The first-order valence-electron chi connectivity index (χ1n) is 8.04. The highest BCUT2D eigenvalue weighted by Gasteiger charge is 2.25. The molecule has 0 aliphatic carbocycles. The average molecular weight is 401 g/mol. The van der Waals surface area contributed by atoms with Gasteiger partial charge in [-0.05, 0) is 25.1 Å². The maximum Gasteiger partial charge on any atom is 0.344 e. The molecule has 0 bridgehead atoms. The molecule has 0 spiro atoms. The third-order valence-corrected chi connectivity index (χ3v) is 4.26. The van der Waals surface area contributed by atoms with Crippen LogP contribution in [0.4, 0.5) is 5.69 Å². The molecule has 1 aromatic heterocycles. The fraction of sp³-hybridized carbons (Fsp3) is 0.105. The number of Topliss-reactive ketones (excluding diaryl/α,β-unsaturated/α-hetero) is 1. The number of ether oxygens (including phenoxy) is 1. The first-order valence-corrected chi connectivity index (χ1v) is 8.42. The molecule has 9 heteroatoms. The number of carbonyl (C=O) groups excluding carboxylic acids is 2. The lowest BCUT2D eigenvalue weighted by Crippen LogP contribution is -2.15. The molecule has 0 N–H and O–H groups in total. The van der Waals surface area contributed by atoms with Crippen molar-refractivity contribution < 1.29 is 23.8 Å². The van der Waals surface area contributed by atoms with Gasteiger partial charge < -0.3 is 9.26 Å². The molecule has 0 saturated carbocycles. The lowest BCUT2D eigenvalue weighted by molar-refractivity contribution is -0.384. The highest BCUT2D eigenvalue weighted by atomic mass is 35.5. The highest BCUT2D eigenvalue weighted by Crippen LogP contribution is 2.31. The molecule has 0 amide bonds. The molecule has 0 aliphatic rings. The summed E-state index contributed by atoms with van der Waals surface area (Å²) in [4.78, 5) is 34.8. The van der Waals surface area contributed by atoms with Crippen LogP contribution in [-0.2, 0) is 4.74 Å². The molecule has 28 heavy (non-hydrogen) atoms. The molecule has 0 radical (unpaired) electrons. The number of nitro benzene ring substituents is 1. The van der Waals surface area contributed by atoms with Gasteiger partial charge in [0.25, 0.3) is 5.69 Å². The number of hydrogen-bond acceptors (Lipinski definition) is 7. The second kappa shape index (κ2) is 8.01. The smallest absolute Gasteiger partial charge is 0.344 e. The van der Waals surface area contributed by atoms with Gasteiger partial charge in [0.2, 0.25) is 0 Å². The SMILES string of the molecule is Cc1onc(-c2ccccc2Cl)c1C(=O)OCC(=O)c1ccc([N+](=O)[O-])cc1. The molecule has 1 heterocycles. The molecule has 2 aromatic carbocycles. The van der Waals surface area contributed by atoms with Gasteiger partial charge in [-0.15, -0.1) is 0 Å². The molecule has 0 atom stereocenters. The number of hydrogen-bond donors (Lipinski definition) is 0. The van der Waals surface area contributed by atoms with E-state index >= 15 is 0 Å². The van der Waals surface area contributed by atoms with E-state index in [4.69, 9.17) is 20.9 Å². The molecule has 0 saturated heterocycles. The van der Waals surface area contributed by atoms with Crippen molar-refractivity contribution in [1.29, 1.82) is 0 Å². The first-order chi connectivity index (χ1) is 13.4. The average Bonchev–Trinajstić information content (AvgIpc) is 3.07. The van der Waals surface area contributed by atoms with Crippen molar-refractivity contribution in [2.24, 2.45) is 0 Å². The normalized spacial score (nSPS) is 10.5. The third-order valence-electron chi connectivity index (χ3n) is 3.93. The van der Waals surface area contributed by atoms with Crippen molar-refractivity contribution in [3.05, 3.63) is 80.6 Å². The van der Waals surface area contributed by atoms with Gasteiger partial charge in [-0.3, -0.25) is 14.9 Å². The van der Waals surface area contributed by atoms with Gasteiger partial charge in [0.05, 0.1) is 9.95 Å². The number of nitrogens with zero attached hydrogens (tertiary/aromatic N) is 2. The van der Waals surface area contributed by atoms with Gasteiger partial charge >= 0.3 is 5.97 Å². The lowest BCUT2D eigenvalue weighted by atomic mass is 10.1. The topological polar surface area (TPSA) is 113 Å². The molecule has 0 aliphatic heterocycles. The summed E-state index contributed by atoms with van der Waals surface area (Å²) in [7, 11) is 0. The maximum absolute atomic E-state index is 12.5. The van der Waals surface area contributed by atoms with Gasteiger partial charge in [-0.2, -0.15) is 0 Å². The van der Waals surface area contributed by atoms with Crippen molar-refractivity contribution in [2.45, 2.75) is 6.92 Å². The number of aromatic nitrogens is 1. The maximum atomic E-state index is 12.5. The molecule has 8 nitrogen and oxygen atoms in total. The van der Waals surface area contributed by atoms with E-state index in [1.165, 1.54) is 24.3 Å². The van der Waals surface area contributed by atoms with Crippen LogP contribution in [0.3, 0.4) is 0 Å². The molecule has 3 aromatic rings. The number of benzene rings is 2. The Morgan fingerprint density at radius 2 is 1.86 bits per heavy atom. The van der Waals surface area contributed by atoms with E-state index in [9.17, 15) is 19.7 Å². The van der Waals surface area contributed by atoms with Gasteiger partial charge in [0.1, 0.15) is 17.0 Å². The van der Waals surface area contributed by atoms with Crippen LogP contribution in [0.2, 0.25) is 5.02 Å². The molecular weight excluding hydrogens is 388 g/mol. The Kier molecular flexibility index (Phi) is 5.51. The van der Waals surface area contributed by atoms with Gasteiger partial charge in [-0.1, -0.05) is 35.0 Å². The van der Waals surface area contributed by atoms with Gasteiger partial charge in [0, 0.05) is 23.3 Å². The Hall–Kier alpha value is -3.52. The van der Waals surface area contributed by atoms with E-state index in [0.29, 0.717) is 10.6 Å². The Balaban J connectivity index is 1.75. The minimum absolute atomic E-state index is 0.0737. The van der Waals surface area contributed by atoms with E-state index < -0.39 is 23.3 Å². The van der Waals surface area contributed by atoms with Crippen molar-refractivity contribution in [3.63, 3.8) is 0 Å². The lowest BCUT2D eigenvalue weighted by Gasteiger charge is -2.06. The molecule has 0 unspecified atom stereocenters. The highest BCUT2D eigenvalue weighted by molar-refractivity contribution is 6.33. The predicted molar refractivity (Wildman–Crippen MR) is 99.4 cm³/mol. The van der Waals surface area contributed by atoms with Crippen LogP contribution in [0, 0.1) is 17.0 Å². The minimum Gasteiger partial charge on any atom is -0.454 e. The Morgan fingerprint density at radius 1 is 1.18 bits per heavy atom. The third kappa shape index (κ3) is 3.91. The molecule has 142 valence electrons. The second-order valence-electron chi connectivity index (χ2n) is 5.75. The standard InChI is InChI=1S/C19H13ClN2O6/c1-11-17(18(21-28-11)14-4-2-3-5-15(14)20)19(24)27-10-16(23)12-6-8-13(9-7-12)22(25)26/h2-9H,10H2,1H3. The molecule has 0 fully saturated rings. The van der Waals surface area contributed by atoms with E-state index in [1.54, 1.807) is 31.2 Å². The quantitative estimate of drug-likeness (QED) is 0.263. The van der Waals surface area contributed by atoms with Crippen molar-refractivity contribution in [3.8, 4) is 11.3 Å². The Bertz CT molecular complexity index is 1060. The van der Waals surface area contributed by atoms with Crippen LogP contribution < -0.4 is 0 Å². The zero-order valence-electron chi connectivity index (χ0n) is 14.5. The number of carbonyl (C=O) groups is 2. The zero-order chi connectivity index (χ0) is 20.3. The summed E-state index contributed by atoms with van der Waals surface area (Å²) >= 11 is 6.15. The number of ketones is 1. The van der Waals surface area contributed by atoms with Crippen molar-refractivity contribution in [2.75, 3.05) is 6.61 Å². The van der Waals surface area contributed by atoms with E-state index in [1.807, 2.05) is 0 Å². The minimum atomic E-state index is -0.788. The number of esters is 1. The van der Waals surface area contributed by atoms with Crippen molar-refractivity contribution in [1.82, 2.24) is 5.16 Å². The Labute approximate surface area is 163 Å². The van der Waals surface area contributed by atoms with Crippen LogP contribution in [-0.4, -0.2) is 28.4 Å². The number of non-ortho nitro benzene ring substituents is 1. The number of nitro groups is 1. The fourth-order valence-corrected chi connectivity index (χ4v) is 2.73. The summed E-state index contributed by atoms with van der Waals surface area (Å²) in [5.74, 6) is -1.07. The van der Waals surface area contributed by atoms with Crippen LogP contribution in [0.5, 0.6) is 0 Å². The van der Waals surface area contributed by atoms with Gasteiger partial charge in [0.15, 0.2) is 12.4 Å². The summed E-state index contributed by atoms with van der Waals surface area (Å²) in [6.07, 6.45) is 0. The summed E-state index contributed by atoms with van der Waals surface area (Å²) in [6, 6.07) is 11.8. The summed E-state index contributed by atoms with van der Waals surface area (Å²) in [6.45, 7) is 1.01. The van der Waals surface area contributed by atoms with Gasteiger partial charge in [-0.25, -0.2) is 4.79 Å². The summed E-state index contributed by atoms with van der Waals surface area (Å²) < 4.78 is 10.2. The second-order valence-corrected chi connectivity index (χ2v) is 6.15. The van der Waals surface area contributed by atoms with E-state index in [0.717, 1.165) is 0 Å². The Morgan fingerprint density at radius 3 is 2.50 bits per heavy atom. The van der Waals surface area contributed by atoms with Crippen LogP contribution in [0.1, 0.15) is 26.5 Å². The van der Waals surface area contributed by atoms with Crippen LogP contribution >= 0.6 is 11.6 Å². The summed E-state index contributed by atoms with van der Waals surface area (Å²) in [5, 5.41) is 14.9. The van der Waals surface area contributed by atoms with E-state index in [-0.39, 0.29) is 28.3 Å². The monoisotopic (exact) mass is 400 g/mol. The first kappa shape index (κ1) is 19.2. The zero-order valence-corrected chi connectivity index (χ0v) is 15.3. The van der Waals surface area contributed by atoms with Crippen molar-refractivity contribution >= 4 is 29.0 Å². The summed E-state index contributed by atoms with van der Waals surface area (Å²) in [5.41, 5.74) is 0.833. The largest absolute Gasteiger partial charge is 0.454 e. The molecule has 3 rings (SSSR count). The number of rotatable bonds is 6. The molecular formula is C19H13ClN2O6. The number of aryl methyl sites for hydroxylation is 1. The van der Waals surface area contributed by atoms with E-state index in [2.05, 4.69) is 5.16 Å². The van der Waals surface area contributed by atoms with Crippen LogP contribution in [0.15, 0.2) is 53.1 Å².